The van der Waals surface area contributed by atoms with E-state index in [2.05, 4.69) is 133 Å². The third kappa shape index (κ3) is 7.02. The van der Waals surface area contributed by atoms with Gasteiger partial charge in [0.25, 0.3) is 0 Å². The first-order chi connectivity index (χ1) is 31.5. The Kier molecular flexibility index (Phi) is 9.92. The summed E-state index contributed by atoms with van der Waals surface area (Å²) in [6, 6.07) is 65.7. The predicted molar refractivity (Wildman–Crippen MR) is 256 cm³/mol. The molecule has 64 heavy (non-hydrogen) atoms. The molecular formula is C56H32N8. The predicted octanol–water partition coefficient (Wildman–Crippen LogP) is 15.2. The number of para-hydroxylation sites is 3. The first-order valence-electron chi connectivity index (χ1n) is 20.4. The molecule has 0 unspecified atom stereocenters. The van der Waals surface area contributed by atoms with Gasteiger partial charge >= 0.3 is 0 Å². The second-order valence-corrected chi connectivity index (χ2v) is 15.0. The molecule has 0 aliphatic carbocycles. The Morgan fingerprint density at radius 2 is 1.09 bits per heavy atom. The molecule has 0 radical (unpaired) electrons. The molecule has 2 heterocycles. The van der Waals surface area contributed by atoms with Gasteiger partial charge in [-0.05, 0) is 108 Å². The van der Waals surface area contributed by atoms with Crippen LogP contribution in [0.25, 0.3) is 87.1 Å². The zero-order valence-electron chi connectivity index (χ0n) is 34.1. The highest BCUT2D eigenvalue weighted by molar-refractivity contribution is 6.10. The lowest BCUT2D eigenvalue weighted by Crippen LogP contribution is -2.09. The van der Waals surface area contributed by atoms with Crippen LogP contribution in [0.15, 0.2) is 194 Å². The first kappa shape index (κ1) is 38.6. The molecule has 0 aliphatic heterocycles. The van der Waals surface area contributed by atoms with Crippen molar-refractivity contribution < 1.29 is 0 Å². The number of nitriles is 1. The molecular weight excluding hydrogens is 785 g/mol. The van der Waals surface area contributed by atoms with Crippen LogP contribution >= 0.6 is 0 Å². The van der Waals surface area contributed by atoms with Crippen molar-refractivity contribution in [1.29, 1.82) is 5.26 Å². The fourth-order valence-electron chi connectivity index (χ4n) is 8.30. The molecule has 0 atom stereocenters. The summed E-state index contributed by atoms with van der Waals surface area (Å²) in [7, 11) is 0. The largest absolute Gasteiger partial charge is 0.310 e. The lowest BCUT2D eigenvalue weighted by atomic mass is 9.95. The first-order valence-corrected chi connectivity index (χ1v) is 20.4. The van der Waals surface area contributed by atoms with Gasteiger partial charge in [0, 0.05) is 44.6 Å². The molecule has 8 heteroatoms. The van der Waals surface area contributed by atoms with Crippen molar-refractivity contribution in [2.24, 2.45) is 0 Å². The average Bonchev–Trinajstić information content (AvgIpc) is 3.70. The molecule has 0 saturated carbocycles. The van der Waals surface area contributed by atoms with Gasteiger partial charge in [-0.1, -0.05) is 103 Å². The Bertz CT molecular complexity index is 3490. The van der Waals surface area contributed by atoms with Crippen molar-refractivity contribution in [3.8, 4) is 56.8 Å². The molecule has 0 aliphatic rings. The molecule has 0 spiro atoms. The number of rotatable bonds is 8. The van der Waals surface area contributed by atoms with Crippen LogP contribution in [0.1, 0.15) is 5.56 Å². The van der Waals surface area contributed by atoms with E-state index in [9.17, 15) is 5.26 Å². The summed E-state index contributed by atoms with van der Waals surface area (Å²) in [4.78, 5) is 23.2. The van der Waals surface area contributed by atoms with Crippen LogP contribution in [0.3, 0.4) is 0 Å². The molecule has 296 valence electrons. The zero-order valence-corrected chi connectivity index (χ0v) is 34.1. The van der Waals surface area contributed by atoms with Gasteiger partial charge in [0.2, 0.25) is 0 Å². The smallest absolute Gasteiger partial charge is 0.195 e. The maximum Gasteiger partial charge on any atom is 0.195 e. The van der Waals surface area contributed by atoms with Crippen LogP contribution < -0.4 is 4.90 Å². The van der Waals surface area contributed by atoms with E-state index in [4.69, 9.17) is 29.7 Å². The maximum atomic E-state index is 10.6. The monoisotopic (exact) mass is 816 g/mol. The Labute approximate surface area is 369 Å². The second-order valence-electron chi connectivity index (χ2n) is 15.0. The molecule has 10 aromatic rings. The molecule has 0 fully saturated rings. The molecule has 0 amide bonds. The minimum atomic E-state index is 0.338. The number of aromatic nitrogens is 3. The lowest BCUT2D eigenvalue weighted by Gasteiger charge is -2.25. The Morgan fingerprint density at radius 1 is 0.469 bits per heavy atom. The van der Waals surface area contributed by atoms with Gasteiger partial charge in [-0.25, -0.2) is 24.5 Å². The number of hydrogen-bond donors (Lipinski definition) is 0. The van der Waals surface area contributed by atoms with E-state index < -0.39 is 0 Å². The SMILES string of the molecule is [C-]#[N+]c1cccc(-c2cc(-c3cc([N+]#[C-])c(-c4ccc(-n5c6ccccc6c6cc(N(c7ccccc7)c7ccccc7)ccc65)cc4)cc3C#N)nc(-c3cccc([N+]#[C-])c3)n2)c1. The van der Waals surface area contributed by atoms with Crippen LogP contribution in [-0.2, 0) is 0 Å². The number of hydrogen-bond acceptors (Lipinski definition) is 4. The van der Waals surface area contributed by atoms with E-state index in [1.807, 2.05) is 36.4 Å². The standard InChI is InChI=1S/C56H32N8/c1-58-41-16-12-14-38(30-41)51-35-53(62-56(61-51)39-15-13-17-42(31-39)59-2)49-34-52(60-3)48(32-40(49)36-57)37-24-26-45(27-25-37)64-54-23-11-10-22-47(54)50-33-46(28-29-55(50)64)63(43-18-6-4-7-19-43)44-20-8-5-9-21-44/h4-35H. The van der Waals surface area contributed by atoms with Crippen molar-refractivity contribution in [2.75, 3.05) is 4.90 Å². The van der Waals surface area contributed by atoms with Crippen molar-refractivity contribution in [1.82, 2.24) is 14.5 Å². The number of benzene rings is 8. The summed E-state index contributed by atoms with van der Waals surface area (Å²) in [5.41, 5.74) is 12.0. The average molecular weight is 817 g/mol. The van der Waals surface area contributed by atoms with E-state index in [0.29, 0.717) is 62.1 Å². The van der Waals surface area contributed by atoms with Gasteiger partial charge in [0.05, 0.1) is 53.8 Å². The van der Waals surface area contributed by atoms with Crippen LogP contribution in [0.5, 0.6) is 0 Å². The van der Waals surface area contributed by atoms with E-state index >= 15 is 0 Å². The Hall–Kier alpha value is -9.60. The maximum absolute atomic E-state index is 10.6. The van der Waals surface area contributed by atoms with Crippen LogP contribution in [-0.4, -0.2) is 14.5 Å². The highest BCUT2D eigenvalue weighted by Crippen LogP contribution is 2.42. The molecule has 0 saturated heterocycles. The summed E-state index contributed by atoms with van der Waals surface area (Å²) in [6.07, 6.45) is 0. The highest BCUT2D eigenvalue weighted by Gasteiger charge is 2.20. The summed E-state index contributed by atoms with van der Waals surface area (Å²) in [6.45, 7) is 23.4. The fourth-order valence-corrected chi connectivity index (χ4v) is 8.30. The minimum Gasteiger partial charge on any atom is -0.310 e. The summed E-state index contributed by atoms with van der Waals surface area (Å²) < 4.78 is 2.26. The molecule has 8 nitrogen and oxygen atoms in total. The van der Waals surface area contributed by atoms with Crippen molar-refractivity contribution in [3.63, 3.8) is 0 Å². The topological polar surface area (TPSA) is 70.8 Å². The highest BCUT2D eigenvalue weighted by atomic mass is 15.1. The fraction of sp³-hybridized carbons (Fsp3) is 0. The van der Waals surface area contributed by atoms with Gasteiger partial charge in [-0.3, -0.25) is 0 Å². The van der Waals surface area contributed by atoms with E-state index in [-0.39, 0.29) is 0 Å². The zero-order chi connectivity index (χ0) is 43.6. The molecule has 0 N–H and O–H groups in total. The quantitative estimate of drug-likeness (QED) is 0.143. The van der Waals surface area contributed by atoms with Gasteiger partial charge < -0.3 is 9.47 Å². The van der Waals surface area contributed by atoms with Gasteiger partial charge in [0.15, 0.2) is 22.9 Å². The summed E-state index contributed by atoms with van der Waals surface area (Å²) >= 11 is 0. The number of fused-ring (bicyclic) bond motifs is 3. The Morgan fingerprint density at radius 3 is 1.77 bits per heavy atom. The number of anilines is 3. The molecule has 10 rings (SSSR count). The van der Waals surface area contributed by atoms with Gasteiger partial charge in [-0.2, -0.15) is 5.26 Å². The van der Waals surface area contributed by atoms with Crippen molar-refractivity contribution >= 4 is 55.9 Å². The van der Waals surface area contributed by atoms with Crippen molar-refractivity contribution in [3.05, 3.63) is 234 Å². The second kappa shape index (κ2) is 16.5. The minimum absolute atomic E-state index is 0.338. The van der Waals surface area contributed by atoms with Gasteiger partial charge in [-0.15, -0.1) is 0 Å². The van der Waals surface area contributed by atoms with E-state index in [1.165, 1.54) is 0 Å². The molecule has 0 bridgehead atoms. The number of nitrogens with zero attached hydrogens (tertiary/aromatic N) is 8. The van der Waals surface area contributed by atoms with Crippen LogP contribution in [0.2, 0.25) is 0 Å². The lowest BCUT2D eigenvalue weighted by molar-refractivity contribution is 1.18. The van der Waals surface area contributed by atoms with Gasteiger partial charge in [0.1, 0.15) is 0 Å². The van der Waals surface area contributed by atoms with Crippen molar-refractivity contribution in [2.45, 2.75) is 0 Å². The molecule has 2 aromatic heterocycles. The van der Waals surface area contributed by atoms with Crippen LogP contribution in [0, 0.1) is 31.0 Å². The van der Waals surface area contributed by atoms with E-state index in [0.717, 1.165) is 50.1 Å². The molecule has 8 aromatic carbocycles. The third-order valence-corrected chi connectivity index (χ3v) is 11.3. The van der Waals surface area contributed by atoms with E-state index in [1.54, 1.807) is 54.6 Å². The summed E-state index contributed by atoms with van der Waals surface area (Å²) in [5.74, 6) is 0.352. The normalized spacial score (nSPS) is 10.8. The third-order valence-electron chi connectivity index (χ3n) is 11.3. The summed E-state index contributed by atoms with van der Waals surface area (Å²) in [5, 5.41) is 12.9. The van der Waals surface area contributed by atoms with Crippen LogP contribution in [0.4, 0.5) is 34.1 Å². The Balaban J connectivity index is 1.06.